The number of nitrogens with zero attached hydrogens (tertiary/aromatic N) is 1. The van der Waals surface area contributed by atoms with Crippen LogP contribution in [0.15, 0.2) is 36.5 Å². The molecule has 0 bridgehead atoms. The van der Waals surface area contributed by atoms with Gasteiger partial charge in [0, 0.05) is 28.9 Å². The van der Waals surface area contributed by atoms with Crippen LogP contribution in [0.1, 0.15) is 64.1 Å². The number of rotatable bonds is 6. The van der Waals surface area contributed by atoms with Gasteiger partial charge in [0.1, 0.15) is 5.60 Å². The lowest BCUT2D eigenvalue weighted by atomic mass is 9.86. The van der Waals surface area contributed by atoms with E-state index in [1.807, 2.05) is 18.2 Å². The fraction of sp³-hybridized carbons (Fsp3) is 0.435. The number of ether oxygens (including phenoxy) is 1. The molecular formula is C23H27ClN2O4. The largest absolute Gasteiger partial charge is 0.481 e. The van der Waals surface area contributed by atoms with Crippen LogP contribution in [0.5, 0.6) is 0 Å². The van der Waals surface area contributed by atoms with Crippen LogP contribution in [0.25, 0.3) is 11.1 Å². The maximum absolute atomic E-state index is 12.4. The van der Waals surface area contributed by atoms with Gasteiger partial charge in [-0.1, -0.05) is 35.9 Å². The highest BCUT2D eigenvalue weighted by molar-refractivity contribution is 6.34. The van der Waals surface area contributed by atoms with Crippen LogP contribution in [0.2, 0.25) is 5.02 Å². The molecule has 1 aliphatic rings. The minimum atomic E-state index is -1.26. The molecule has 1 aromatic heterocycles. The van der Waals surface area contributed by atoms with Crippen LogP contribution in [0, 0.1) is 0 Å². The molecule has 3 rings (SSSR count). The molecule has 1 fully saturated rings. The summed E-state index contributed by atoms with van der Waals surface area (Å²) >= 11 is 6.73. The van der Waals surface area contributed by atoms with E-state index in [2.05, 4.69) is 10.3 Å². The summed E-state index contributed by atoms with van der Waals surface area (Å²) in [6, 6.07) is 9.35. The maximum atomic E-state index is 12.4. The molecule has 0 saturated heterocycles. The first kappa shape index (κ1) is 22.1. The molecule has 30 heavy (non-hydrogen) atoms. The molecule has 0 radical (unpaired) electrons. The summed E-state index contributed by atoms with van der Waals surface area (Å²) in [6.07, 6.45) is 3.07. The number of alkyl carbamates (subject to hydrolysis) is 1. The van der Waals surface area contributed by atoms with Gasteiger partial charge < -0.3 is 15.2 Å². The van der Waals surface area contributed by atoms with Crippen LogP contribution in [-0.4, -0.2) is 27.8 Å². The summed E-state index contributed by atoms with van der Waals surface area (Å²) in [5.74, 6) is -0.511. The van der Waals surface area contributed by atoms with Crippen LogP contribution < -0.4 is 5.32 Å². The number of pyridine rings is 1. The Morgan fingerprint density at radius 3 is 2.43 bits per heavy atom. The van der Waals surface area contributed by atoms with Crippen LogP contribution >= 0.6 is 11.6 Å². The Morgan fingerprint density at radius 1 is 1.20 bits per heavy atom. The van der Waals surface area contributed by atoms with Gasteiger partial charge in [-0.3, -0.25) is 9.78 Å². The van der Waals surface area contributed by atoms with E-state index in [9.17, 15) is 14.7 Å². The van der Waals surface area contributed by atoms with Crippen LogP contribution in [-0.2, 0) is 15.1 Å². The third-order valence-electron chi connectivity index (χ3n) is 4.97. The summed E-state index contributed by atoms with van der Waals surface area (Å²) in [5, 5.41) is 12.6. The number of carboxylic acid groups (broad SMARTS) is 1. The molecule has 2 N–H and O–H groups in total. The van der Waals surface area contributed by atoms with Gasteiger partial charge in [-0.2, -0.15) is 0 Å². The van der Waals surface area contributed by atoms with E-state index in [0.717, 1.165) is 16.8 Å². The smallest absolute Gasteiger partial charge is 0.408 e. The number of hydrogen-bond donors (Lipinski definition) is 2. The van der Waals surface area contributed by atoms with Gasteiger partial charge >= 0.3 is 12.1 Å². The van der Waals surface area contributed by atoms with Gasteiger partial charge in [0.05, 0.1) is 17.0 Å². The Bertz CT molecular complexity index is 949. The molecule has 0 unspecified atom stereocenters. The van der Waals surface area contributed by atoms with Gasteiger partial charge in [0.2, 0.25) is 0 Å². The highest BCUT2D eigenvalue weighted by Crippen LogP contribution is 2.41. The van der Waals surface area contributed by atoms with Gasteiger partial charge in [0.15, 0.2) is 0 Å². The third-order valence-corrected chi connectivity index (χ3v) is 5.37. The van der Waals surface area contributed by atoms with Crippen molar-refractivity contribution in [2.24, 2.45) is 0 Å². The monoisotopic (exact) mass is 430 g/mol. The average Bonchev–Trinajstić information content (AvgIpc) is 3.44. The summed E-state index contributed by atoms with van der Waals surface area (Å²) in [6.45, 7) is 6.86. The van der Waals surface area contributed by atoms with Crippen molar-refractivity contribution in [3.05, 3.63) is 52.8 Å². The zero-order valence-electron chi connectivity index (χ0n) is 17.7. The van der Waals surface area contributed by atoms with Gasteiger partial charge in [-0.15, -0.1) is 0 Å². The third kappa shape index (κ3) is 5.30. The second-order valence-corrected chi connectivity index (χ2v) is 9.32. The number of nitrogens with one attached hydrogen (secondary N) is 1. The Balaban J connectivity index is 1.96. The van der Waals surface area contributed by atoms with Crippen molar-refractivity contribution in [3.63, 3.8) is 0 Å². The molecule has 1 aliphatic carbocycles. The number of carboxylic acids is 1. The summed E-state index contributed by atoms with van der Waals surface area (Å²) in [4.78, 5) is 28.6. The van der Waals surface area contributed by atoms with Gasteiger partial charge in [-0.25, -0.2) is 4.79 Å². The molecular weight excluding hydrogens is 404 g/mol. The Kier molecular flexibility index (Phi) is 6.09. The van der Waals surface area contributed by atoms with Crippen molar-refractivity contribution in [3.8, 4) is 11.1 Å². The lowest BCUT2D eigenvalue weighted by molar-refractivity contribution is -0.138. The Labute approximate surface area is 181 Å². The van der Waals surface area contributed by atoms with Crippen molar-refractivity contribution in [2.75, 3.05) is 0 Å². The quantitative estimate of drug-likeness (QED) is 0.632. The molecule has 1 aromatic carbocycles. The predicted octanol–water partition coefficient (Wildman–Crippen LogP) is 5.49. The fourth-order valence-corrected chi connectivity index (χ4v) is 3.85. The zero-order valence-corrected chi connectivity index (χ0v) is 18.4. The number of benzene rings is 1. The van der Waals surface area contributed by atoms with Gasteiger partial charge in [-0.05, 0) is 52.2 Å². The second kappa shape index (κ2) is 8.26. The van der Waals surface area contributed by atoms with Crippen molar-refractivity contribution in [1.82, 2.24) is 10.3 Å². The predicted molar refractivity (Wildman–Crippen MR) is 116 cm³/mol. The Morgan fingerprint density at radius 2 is 1.90 bits per heavy atom. The SMILES string of the molecule is CC(C)(C)OC(=O)N[C@@](C)(CC(=O)O)c1cccc(-c2ccc(C3CC3)nc2)c1Cl. The molecule has 0 aliphatic heterocycles. The fourth-order valence-electron chi connectivity index (χ4n) is 3.40. The zero-order chi connectivity index (χ0) is 22.1. The molecule has 1 saturated carbocycles. The first-order valence-electron chi connectivity index (χ1n) is 9.97. The lowest BCUT2D eigenvalue weighted by Crippen LogP contribution is -2.47. The van der Waals surface area contributed by atoms with E-state index in [1.54, 1.807) is 46.0 Å². The summed E-state index contributed by atoms with van der Waals surface area (Å²) in [7, 11) is 0. The highest BCUT2D eigenvalue weighted by Gasteiger charge is 2.35. The van der Waals surface area contributed by atoms with Crippen molar-refractivity contribution >= 4 is 23.7 Å². The molecule has 7 heteroatoms. The van der Waals surface area contributed by atoms with E-state index >= 15 is 0 Å². The van der Waals surface area contributed by atoms with E-state index < -0.39 is 23.2 Å². The van der Waals surface area contributed by atoms with Crippen LogP contribution in [0.4, 0.5) is 4.79 Å². The number of carbonyl (C=O) groups is 2. The van der Waals surface area contributed by atoms with Crippen molar-refractivity contribution in [2.45, 2.75) is 64.0 Å². The number of amides is 1. The average molecular weight is 431 g/mol. The van der Waals surface area contributed by atoms with Gasteiger partial charge in [0.25, 0.3) is 0 Å². The minimum Gasteiger partial charge on any atom is -0.481 e. The van der Waals surface area contributed by atoms with E-state index in [1.165, 1.54) is 12.8 Å². The molecule has 160 valence electrons. The molecule has 1 heterocycles. The molecule has 0 spiro atoms. The van der Waals surface area contributed by atoms with Crippen molar-refractivity contribution < 1.29 is 19.4 Å². The topological polar surface area (TPSA) is 88.5 Å². The first-order chi connectivity index (χ1) is 14.0. The molecule has 6 nitrogen and oxygen atoms in total. The maximum Gasteiger partial charge on any atom is 0.408 e. The number of hydrogen-bond acceptors (Lipinski definition) is 4. The second-order valence-electron chi connectivity index (χ2n) is 8.94. The summed E-state index contributed by atoms with van der Waals surface area (Å²) in [5.41, 5.74) is 1.17. The Hall–Kier alpha value is -2.60. The lowest BCUT2D eigenvalue weighted by Gasteiger charge is -2.32. The first-order valence-corrected chi connectivity index (χ1v) is 10.3. The normalized spacial score (nSPS) is 15.9. The van der Waals surface area contributed by atoms with E-state index in [0.29, 0.717) is 16.5 Å². The summed E-state index contributed by atoms with van der Waals surface area (Å²) < 4.78 is 5.34. The van der Waals surface area contributed by atoms with Crippen molar-refractivity contribution in [1.29, 1.82) is 0 Å². The van der Waals surface area contributed by atoms with Crippen LogP contribution in [0.3, 0.4) is 0 Å². The van der Waals surface area contributed by atoms with E-state index in [4.69, 9.17) is 16.3 Å². The molecule has 1 atom stereocenters. The molecule has 2 aromatic rings. The number of aromatic nitrogens is 1. The number of carbonyl (C=O) groups excluding carboxylic acids is 1. The minimum absolute atomic E-state index is 0.353. The highest BCUT2D eigenvalue weighted by atomic mass is 35.5. The van der Waals surface area contributed by atoms with E-state index in [-0.39, 0.29) is 6.42 Å². The molecule has 1 amide bonds. The number of aliphatic carboxylic acids is 1. The standard InChI is InChI=1S/C23H27ClN2O4/c1-22(2,3)30-21(29)26-23(4,12-19(27)28)17-7-5-6-16(20(17)24)15-10-11-18(25-13-15)14-8-9-14/h5-7,10-11,13-14H,8-9,12H2,1-4H3,(H,26,29)(H,27,28)/t23-/m0/s1. The number of halogens is 1.